The number of carboxylic acid groups (broad SMARTS) is 1. The number of aliphatic carboxylic acids is 1. The molecule has 0 amide bonds. The Morgan fingerprint density at radius 3 is 1.17 bits per heavy atom. The zero-order chi connectivity index (χ0) is 22.0. The fourth-order valence-electron chi connectivity index (χ4n) is 4.97. The third-order valence-corrected chi connectivity index (χ3v) is 7.56. The molecule has 2 nitrogen and oxygen atoms in total. The van der Waals surface area contributed by atoms with Gasteiger partial charge in [-0.25, -0.2) is 0 Å². The molecule has 0 saturated heterocycles. The molecule has 174 valence electrons. The average molecular weight is 411 g/mol. The Bertz CT molecular complexity index is 366. The molecule has 0 saturated carbocycles. The SMILES string of the molecule is CCCCCCCCCCC(CC)(CCCCCCCCCC)C(C)(C)C(=O)O. The van der Waals surface area contributed by atoms with Crippen molar-refractivity contribution in [3.05, 3.63) is 0 Å². The molecule has 0 atom stereocenters. The van der Waals surface area contributed by atoms with Gasteiger partial charge in [-0.3, -0.25) is 4.79 Å². The molecular weight excluding hydrogens is 356 g/mol. The molecule has 29 heavy (non-hydrogen) atoms. The van der Waals surface area contributed by atoms with Gasteiger partial charge in [-0.05, 0) is 38.5 Å². The molecule has 0 aromatic heterocycles. The first-order chi connectivity index (χ1) is 13.9. The van der Waals surface area contributed by atoms with Crippen LogP contribution in [0.2, 0.25) is 0 Å². The second kappa shape index (κ2) is 17.2. The van der Waals surface area contributed by atoms with Gasteiger partial charge in [0.1, 0.15) is 0 Å². The molecule has 0 bridgehead atoms. The van der Waals surface area contributed by atoms with E-state index in [0.717, 1.165) is 19.3 Å². The highest BCUT2D eigenvalue weighted by Gasteiger charge is 2.47. The van der Waals surface area contributed by atoms with Crippen molar-refractivity contribution in [3.8, 4) is 0 Å². The quantitative estimate of drug-likeness (QED) is 0.191. The van der Waals surface area contributed by atoms with E-state index in [1.807, 2.05) is 13.8 Å². The molecule has 0 fully saturated rings. The first-order valence-corrected chi connectivity index (χ1v) is 13.1. The van der Waals surface area contributed by atoms with Gasteiger partial charge in [0, 0.05) is 0 Å². The highest BCUT2D eigenvalue weighted by molar-refractivity contribution is 5.74. The molecule has 2 heteroatoms. The molecule has 0 unspecified atom stereocenters. The zero-order valence-corrected chi connectivity index (χ0v) is 20.8. The maximum absolute atomic E-state index is 12.1. The van der Waals surface area contributed by atoms with Gasteiger partial charge in [0.2, 0.25) is 0 Å². The Balaban J connectivity index is 4.46. The maximum Gasteiger partial charge on any atom is 0.309 e. The van der Waals surface area contributed by atoms with E-state index >= 15 is 0 Å². The Morgan fingerprint density at radius 2 is 0.897 bits per heavy atom. The summed E-state index contributed by atoms with van der Waals surface area (Å²) in [4.78, 5) is 12.1. The van der Waals surface area contributed by atoms with Gasteiger partial charge in [-0.15, -0.1) is 0 Å². The standard InChI is InChI=1S/C27H54O2/c1-6-9-11-13-15-17-19-21-23-27(8-3,26(4,5)25(28)29)24-22-20-18-16-14-12-10-7-2/h6-24H2,1-5H3,(H,28,29). The first-order valence-electron chi connectivity index (χ1n) is 13.1. The molecule has 0 aliphatic heterocycles. The van der Waals surface area contributed by atoms with Gasteiger partial charge >= 0.3 is 5.97 Å². The largest absolute Gasteiger partial charge is 0.481 e. The average Bonchev–Trinajstić information content (AvgIpc) is 2.70. The molecule has 0 aliphatic carbocycles. The predicted molar refractivity (Wildman–Crippen MR) is 129 cm³/mol. The highest BCUT2D eigenvalue weighted by Crippen LogP contribution is 2.50. The van der Waals surface area contributed by atoms with Crippen LogP contribution in [0, 0.1) is 10.8 Å². The highest BCUT2D eigenvalue weighted by atomic mass is 16.4. The van der Waals surface area contributed by atoms with Crippen LogP contribution in [0.5, 0.6) is 0 Å². The second-order valence-corrected chi connectivity index (χ2v) is 10.0. The number of carboxylic acids is 1. The van der Waals surface area contributed by atoms with Crippen LogP contribution in [0.25, 0.3) is 0 Å². The topological polar surface area (TPSA) is 37.3 Å². The number of rotatable bonds is 21. The molecule has 0 heterocycles. The fraction of sp³-hybridized carbons (Fsp3) is 0.963. The summed E-state index contributed by atoms with van der Waals surface area (Å²) in [6.45, 7) is 10.7. The second-order valence-electron chi connectivity index (χ2n) is 10.0. The molecule has 0 spiro atoms. The number of carbonyl (C=O) groups is 1. The summed E-state index contributed by atoms with van der Waals surface area (Å²) in [5.41, 5.74) is -0.687. The summed E-state index contributed by atoms with van der Waals surface area (Å²) in [6.07, 6.45) is 24.2. The summed E-state index contributed by atoms with van der Waals surface area (Å²) >= 11 is 0. The Labute approximate surface area is 183 Å². The van der Waals surface area contributed by atoms with Gasteiger partial charge < -0.3 is 5.11 Å². The normalized spacial score (nSPS) is 12.4. The molecule has 0 aromatic rings. The Kier molecular flexibility index (Phi) is 16.9. The summed E-state index contributed by atoms with van der Waals surface area (Å²) in [7, 11) is 0. The molecule has 0 radical (unpaired) electrons. The summed E-state index contributed by atoms with van der Waals surface area (Å²) < 4.78 is 0. The van der Waals surface area contributed by atoms with E-state index < -0.39 is 11.4 Å². The molecule has 0 aromatic carbocycles. The molecule has 0 aliphatic rings. The van der Waals surface area contributed by atoms with Crippen molar-refractivity contribution in [2.75, 3.05) is 0 Å². The van der Waals surface area contributed by atoms with Crippen LogP contribution in [-0.2, 0) is 4.79 Å². The van der Waals surface area contributed by atoms with Gasteiger partial charge in [0.05, 0.1) is 5.41 Å². The van der Waals surface area contributed by atoms with Crippen molar-refractivity contribution in [2.24, 2.45) is 10.8 Å². The lowest BCUT2D eigenvalue weighted by atomic mass is 9.59. The lowest BCUT2D eigenvalue weighted by Gasteiger charge is -2.44. The minimum atomic E-state index is -0.635. The van der Waals surface area contributed by atoms with E-state index in [2.05, 4.69) is 20.8 Å². The Hall–Kier alpha value is -0.530. The van der Waals surface area contributed by atoms with Crippen LogP contribution in [0.4, 0.5) is 0 Å². The summed E-state index contributed by atoms with van der Waals surface area (Å²) in [6, 6.07) is 0. The van der Waals surface area contributed by atoms with Crippen molar-refractivity contribution >= 4 is 5.97 Å². The smallest absolute Gasteiger partial charge is 0.309 e. The lowest BCUT2D eigenvalue weighted by molar-refractivity contribution is -0.157. The number of hydrogen-bond acceptors (Lipinski definition) is 1. The number of hydrogen-bond donors (Lipinski definition) is 1. The lowest BCUT2D eigenvalue weighted by Crippen LogP contribution is -2.43. The predicted octanol–water partition coefficient (Wildman–Crippen LogP) is 9.56. The van der Waals surface area contributed by atoms with Crippen LogP contribution in [0.3, 0.4) is 0 Å². The van der Waals surface area contributed by atoms with E-state index in [1.165, 1.54) is 103 Å². The minimum Gasteiger partial charge on any atom is -0.481 e. The number of unbranched alkanes of at least 4 members (excludes halogenated alkanes) is 14. The van der Waals surface area contributed by atoms with Crippen molar-refractivity contribution in [1.82, 2.24) is 0 Å². The van der Waals surface area contributed by atoms with Gasteiger partial charge in [-0.1, -0.05) is 124 Å². The van der Waals surface area contributed by atoms with Crippen LogP contribution >= 0.6 is 0 Å². The van der Waals surface area contributed by atoms with Crippen molar-refractivity contribution in [3.63, 3.8) is 0 Å². The van der Waals surface area contributed by atoms with Gasteiger partial charge in [0.15, 0.2) is 0 Å². The van der Waals surface area contributed by atoms with Gasteiger partial charge in [0.25, 0.3) is 0 Å². The van der Waals surface area contributed by atoms with Crippen LogP contribution in [-0.4, -0.2) is 11.1 Å². The zero-order valence-electron chi connectivity index (χ0n) is 20.8. The molecule has 0 rings (SSSR count). The van der Waals surface area contributed by atoms with E-state index in [4.69, 9.17) is 0 Å². The first kappa shape index (κ1) is 28.5. The monoisotopic (exact) mass is 410 g/mol. The third-order valence-electron chi connectivity index (χ3n) is 7.56. The molecule has 1 N–H and O–H groups in total. The third kappa shape index (κ3) is 11.4. The van der Waals surface area contributed by atoms with E-state index in [1.54, 1.807) is 0 Å². The van der Waals surface area contributed by atoms with Crippen LogP contribution in [0.1, 0.15) is 157 Å². The Morgan fingerprint density at radius 1 is 0.586 bits per heavy atom. The maximum atomic E-state index is 12.1. The molecular formula is C27H54O2. The summed E-state index contributed by atoms with van der Waals surface area (Å²) in [5.74, 6) is -0.613. The van der Waals surface area contributed by atoms with Crippen molar-refractivity contribution in [1.29, 1.82) is 0 Å². The van der Waals surface area contributed by atoms with E-state index in [9.17, 15) is 9.90 Å². The van der Waals surface area contributed by atoms with E-state index in [-0.39, 0.29) is 5.41 Å². The summed E-state index contributed by atoms with van der Waals surface area (Å²) in [5, 5.41) is 9.95. The van der Waals surface area contributed by atoms with Crippen molar-refractivity contribution < 1.29 is 9.90 Å². The van der Waals surface area contributed by atoms with Crippen LogP contribution < -0.4 is 0 Å². The fourth-order valence-corrected chi connectivity index (χ4v) is 4.97. The van der Waals surface area contributed by atoms with Crippen molar-refractivity contribution in [2.45, 2.75) is 157 Å². The van der Waals surface area contributed by atoms with E-state index in [0.29, 0.717) is 0 Å². The minimum absolute atomic E-state index is 0.0523. The van der Waals surface area contributed by atoms with Gasteiger partial charge in [-0.2, -0.15) is 0 Å². The van der Waals surface area contributed by atoms with Crippen LogP contribution in [0.15, 0.2) is 0 Å².